The molecule has 0 bridgehead atoms. The number of methoxy groups -OCH3 is 1. The van der Waals surface area contributed by atoms with Crippen molar-refractivity contribution in [2.45, 2.75) is 0 Å². The van der Waals surface area contributed by atoms with E-state index in [1.54, 1.807) is 13.1 Å². The number of ether oxygens (including phenoxy) is 1. The highest BCUT2D eigenvalue weighted by Gasteiger charge is 2.07. The minimum Gasteiger partial charge on any atom is -0.467 e. The second-order valence-corrected chi connectivity index (χ2v) is 4.73. The number of benzene rings is 1. The molecular weight excluding hydrogens is 334 g/mol. The molecule has 2 aromatic rings. The van der Waals surface area contributed by atoms with E-state index in [0.717, 1.165) is 10.2 Å². The van der Waals surface area contributed by atoms with Gasteiger partial charge in [-0.05, 0) is 34.1 Å². The van der Waals surface area contributed by atoms with Crippen molar-refractivity contribution in [2.75, 3.05) is 24.8 Å². The van der Waals surface area contributed by atoms with Crippen LogP contribution in [0.3, 0.4) is 0 Å². The normalized spacial score (nSPS) is 10.1. The first-order valence-electron chi connectivity index (χ1n) is 5.32. The van der Waals surface area contributed by atoms with Gasteiger partial charge in [-0.1, -0.05) is 11.6 Å². The van der Waals surface area contributed by atoms with Crippen LogP contribution in [0.15, 0.2) is 22.7 Å². The topological polar surface area (TPSA) is 72.0 Å². The van der Waals surface area contributed by atoms with E-state index >= 15 is 0 Å². The number of rotatable bonds is 4. The lowest BCUT2D eigenvalue weighted by molar-refractivity contribution is 0.379. The van der Waals surface area contributed by atoms with Crippen molar-refractivity contribution in [1.82, 2.24) is 15.0 Å². The number of nitrogens with zero attached hydrogens (tertiary/aromatic N) is 3. The van der Waals surface area contributed by atoms with E-state index in [-0.39, 0.29) is 6.01 Å². The summed E-state index contributed by atoms with van der Waals surface area (Å²) in [6.07, 6.45) is 0. The molecule has 0 aliphatic carbocycles. The maximum Gasteiger partial charge on any atom is 0.322 e. The SMILES string of the molecule is CNc1nc(Nc2ccc(Cl)c(Br)c2)nc(OC)n1. The molecular formula is C11H11BrClN5O. The van der Waals surface area contributed by atoms with Crippen LogP contribution < -0.4 is 15.4 Å². The van der Waals surface area contributed by atoms with Crippen LogP contribution in [-0.4, -0.2) is 29.1 Å². The minimum absolute atomic E-state index is 0.231. The molecule has 0 amide bonds. The van der Waals surface area contributed by atoms with E-state index in [1.165, 1.54) is 7.11 Å². The Labute approximate surface area is 123 Å². The van der Waals surface area contributed by atoms with Gasteiger partial charge in [-0.15, -0.1) is 0 Å². The lowest BCUT2D eigenvalue weighted by atomic mass is 10.3. The van der Waals surface area contributed by atoms with E-state index in [4.69, 9.17) is 16.3 Å². The van der Waals surface area contributed by atoms with Crippen LogP contribution in [0.2, 0.25) is 5.02 Å². The number of halogens is 2. The highest BCUT2D eigenvalue weighted by molar-refractivity contribution is 9.10. The maximum absolute atomic E-state index is 5.93. The first-order valence-corrected chi connectivity index (χ1v) is 6.49. The minimum atomic E-state index is 0.231. The van der Waals surface area contributed by atoms with Crippen molar-refractivity contribution < 1.29 is 4.74 Å². The zero-order valence-electron chi connectivity index (χ0n) is 10.2. The number of anilines is 3. The highest BCUT2D eigenvalue weighted by atomic mass is 79.9. The van der Waals surface area contributed by atoms with Crippen molar-refractivity contribution in [3.63, 3.8) is 0 Å². The lowest BCUT2D eigenvalue weighted by Gasteiger charge is -2.08. The standard InChI is InChI=1S/C11H11BrClN5O/c1-14-9-16-10(18-11(17-9)19-2)15-6-3-4-8(13)7(12)5-6/h3-5H,1-2H3,(H2,14,15,16,17,18). The highest BCUT2D eigenvalue weighted by Crippen LogP contribution is 2.27. The van der Waals surface area contributed by atoms with Gasteiger partial charge < -0.3 is 15.4 Å². The van der Waals surface area contributed by atoms with Crippen LogP contribution in [0.25, 0.3) is 0 Å². The molecule has 2 N–H and O–H groups in total. The second-order valence-electron chi connectivity index (χ2n) is 3.47. The Kier molecular flexibility index (Phi) is 4.39. The monoisotopic (exact) mass is 343 g/mol. The van der Waals surface area contributed by atoms with Gasteiger partial charge in [0.15, 0.2) is 0 Å². The summed E-state index contributed by atoms with van der Waals surface area (Å²) in [6.45, 7) is 0. The molecule has 0 atom stereocenters. The summed E-state index contributed by atoms with van der Waals surface area (Å²) in [6, 6.07) is 5.65. The van der Waals surface area contributed by atoms with Crippen molar-refractivity contribution in [1.29, 1.82) is 0 Å². The average Bonchev–Trinajstić information content (AvgIpc) is 2.42. The first-order chi connectivity index (χ1) is 9.12. The van der Waals surface area contributed by atoms with Gasteiger partial charge in [-0.3, -0.25) is 0 Å². The number of hydrogen-bond acceptors (Lipinski definition) is 6. The van der Waals surface area contributed by atoms with Crippen LogP contribution in [-0.2, 0) is 0 Å². The molecule has 1 heterocycles. The molecule has 1 aromatic carbocycles. The quantitative estimate of drug-likeness (QED) is 0.888. The van der Waals surface area contributed by atoms with Gasteiger partial charge in [-0.2, -0.15) is 15.0 Å². The predicted octanol–water partition coefficient (Wildman–Crippen LogP) is 3.08. The average molecular weight is 345 g/mol. The van der Waals surface area contributed by atoms with Crippen LogP contribution in [0.5, 0.6) is 6.01 Å². The molecule has 0 saturated heterocycles. The largest absolute Gasteiger partial charge is 0.467 e. The maximum atomic E-state index is 5.93. The van der Waals surface area contributed by atoms with Gasteiger partial charge >= 0.3 is 6.01 Å². The lowest BCUT2D eigenvalue weighted by Crippen LogP contribution is -2.05. The fourth-order valence-electron chi connectivity index (χ4n) is 1.32. The fourth-order valence-corrected chi connectivity index (χ4v) is 1.81. The van der Waals surface area contributed by atoms with Gasteiger partial charge in [0.1, 0.15) is 0 Å². The van der Waals surface area contributed by atoms with E-state index in [1.807, 2.05) is 12.1 Å². The fraction of sp³-hybridized carbons (Fsp3) is 0.182. The third-order valence-corrected chi connectivity index (χ3v) is 3.41. The smallest absolute Gasteiger partial charge is 0.322 e. The molecule has 0 saturated carbocycles. The van der Waals surface area contributed by atoms with E-state index < -0.39 is 0 Å². The van der Waals surface area contributed by atoms with E-state index in [0.29, 0.717) is 16.9 Å². The molecule has 0 fully saturated rings. The van der Waals surface area contributed by atoms with Crippen molar-refractivity contribution in [3.05, 3.63) is 27.7 Å². The predicted molar refractivity (Wildman–Crippen MR) is 78.4 cm³/mol. The first kappa shape index (κ1) is 13.8. The molecule has 0 aliphatic rings. The summed E-state index contributed by atoms with van der Waals surface area (Å²) in [7, 11) is 3.22. The molecule has 100 valence electrons. The molecule has 19 heavy (non-hydrogen) atoms. The number of hydrogen-bond donors (Lipinski definition) is 2. The van der Waals surface area contributed by atoms with Crippen molar-refractivity contribution in [3.8, 4) is 6.01 Å². The van der Waals surface area contributed by atoms with Crippen LogP contribution in [0.4, 0.5) is 17.6 Å². The third-order valence-electron chi connectivity index (χ3n) is 2.20. The van der Waals surface area contributed by atoms with Gasteiger partial charge in [-0.25, -0.2) is 0 Å². The summed E-state index contributed by atoms with van der Waals surface area (Å²) in [5.41, 5.74) is 0.798. The Balaban J connectivity index is 2.29. The zero-order chi connectivity index (χ0) is 13.8. The van der Waals surface area contributed by atoms with E-state index in [2.05, 4.69) is 41.5 Å². The Morgan fingerprint density at radius 3 is 2.58 bits per heavy atom. The molecule has 2 rings (SSSR count). The summed E-state index contributed by atoms with van der Waals surface area (Å²) in [5, 5.41) is 6.52. The molecule has 0 radical (unpaired) electrons. The van der Waals surface area contributed by atoms with Crippen molar-refractivity contribution in [2.24, 2.45) is 0 Å². The van der Waals surface area contributed by atoms with Crippen LogP contribution >= 0.6 is 27.5 Å². The third kappa shape index (κ3) is 3.45. The Morgan fingerprint density at radius 2 is 1.95 bits per heavy atom. The summed E-state index contributed by atoms with van der Waals surface area (Å²) in [4.78, 5) is 12.3. The van der Waals surface area contributed by atoms with Crippen LogP contribution in [0, 0.1) is 0 Å². The summed E-state index contributed by atoms with van der Waals surface area (Å²) < 4.78 is 5.79. The number of nitrogens with one attached hydrogen (secondary N) is 2. The van der Waals surface area contributed by atoms with E-state index in [9.17, 15) is 0 Å². The Hall–Kier alpha value is -1.60. The molecule has 0 aliphatic heterocycles. The van der Waals surface area contributed by atoms with Crippen molar-refractivity contribution >= 4 is 45.1 Å². The summed E-state index contributed by atoms with van der Waals surface area (Å²) in [5.74, 6) is 0.799. The Morgan fingerprint density at radius 1 is 1.21 bits per heavy atom. The zero-order valence-corrected chi connectivity index (χ0v) is 12.6. The molecule has 6 nitrogen and oxygen atoms in total. The second kappa shape index (κ2) is 6.03. The van der Waals surface area contributed by atoms with Gasteiger partial charge in [0.25, 0.3) is 0 Å². The molecule has 1 aromatic heterocycles. The molecule has 0 unspecified atom stereocenters. The van der Waals surface area contributed by atoms with Gasteiger partial charge in [0.05, 0.1) is 12.1 Å². The molecule has 0 spiro atoms. The summed E-state index contributed by atoms with van der Waals surface area (Å²) >= 11 is 9.29. The van der Waals surface area contributed by atoms with Crippen LogP contribution in [0.1, 0.15) is 0 Å². The Bertz CT molecular complexity index is 573. The van der Waals surface area contributed by atoms with Gasteiger partial charge in [0.2, 0.25) is 11.9 Å². The van der Waals surface area contributed by atoms with Gasteiger partial charge in [0, 0.05) is 17.2 Å². The number of aromatic nitrogens is 3. The molecule has 8 heteroatoms.